The topological polar surface area (TPSA) is 29.1 Å². The number of thioether (sulfide) groups is 1. The van der Waals surface area contributed by atoms with Crippen LogP contribution in [0.2, 0.25) is 5.02 Å². The van der Waals surface area contributed by atoms with E-state index in [1.54, 1.807) is 11.8 Å². The fourth-order valence-electron chi connectivity index (χ4n) is 3.31. The second-order valence-corrected chi connectivity index (χ2v) is 8.72. The van der Waals surface area contributed by atoms with Crippen LogP contribution in [0.3, 0.4) is 0 Å². The van der Waals surface area contributed by atoms with Gasteiger partial charge in [-0.15, -0.1) is 11.8 Å². The van der Waals surface area contributed by atoms with E-state index in [1.165, 1.54) is 27.1 Å². The lowest BCUT2D eigenvalue weighted by Gasteiger charge is -2.20. The molecule has 1 N–H and O–H groups in total. The number of rotatable bonds is 7. The minimum atomic E-state index is -0.0336. The molecule has 1 atom stereocenters. The predicted octanol–water partition coefficient (Wildman–Crippen LogP) is 7.13. The lowest BCUT2D eigenvalue weighted by atomic mass is 9.97. The first kappa shape index (κ1) is 21.5. The molecule has 1 amide bonds. The normalized spacial score (nSPS) is 11.9. The van der Waals surface area contributed by atoms with Crippen molar-refractivity contribution in [3.8, 4) is 0 Å². The van der Waals surface area contributed by atoms with Crippen LogP contribution in [0.1, 0.15) is 52.0 Å². The van der Waals surface area contributed by atoms with Crippen molar-refractivity contribution in [3.63, 3.8) is 0 Å². The summed E-state index contributed by atoms with van der Waals surface area (Å²) in [4.78, 5) is 13.9. The molecule has 0 spiro atoms. The predicted molar refractivity (Wildman–Crippen MR) is 124 cm³/mol. The third-order valence-electron chi connectivity index (χ3n) is 4.95. The lowest BCUT2D eigenvalue weighted by molar-refractivity contribution is 0.0935. The molecule has 0 heterocycles. The Kier molecular flexibility index (Phi) is 7.40. The van der Waals surface area contributed by atoms with Crippen LogP contribution in [0.5, 0.6) is 0 Å². The highest BCUT2D eigenvalue weighted by atomic mass is 35.5. The van der Waals surface area contributed by atoms with Crippen molar-refractivity contribution in [2.75, 3.05) is 0 Å². The molecule has 0 saturated heterocycles. The van der Waals surface area contributed by atoms with Crippen LogP contribution in [0, 0.1) is 13.8 Å². The van der Waals surface area contributed by atoms with Crippen molar-refractivity contribution in [2.45, 2.75) is 43.9 Å². The van der Waals surface area contributed by atoms with Crippen LogP contribution in [0.25, 0.3) is 0 Å². The van der Waals surface area contributed by atoms with Gasteiger partial charge in [0, 0.05) is 21.2 Å². The Morgan fingerprint density at radius 2 is 1.69 bits per heavy atom. The summed E-state index contributed by atoms with van der Waals surface area (Å²) in [7, 11) is 0. The summed E-state index contributed by atoms with van der Waals surface area (Å²) in [5.41, 5.74) is 5.50. The van der Waals surface area contributed by atoms with Crippen molar-refractivity contribution in [1.82, 2.24) is 5.32 Å². The van der Waals surface area contributed by atoms with Crippen LogP contribution >= 0.6 is 23.4 Å². The SMILES string of the molecule is CC[C@@H](NC(=O)c1ccc(CSc2ccc(Cl)cc2)cc1)c1ccc(C)cc1C. The summed E-state index contributed by atoms with van der Waals surface area (Å²) >= 11 is 7.68. The van der Waals surface area contributed by atoms with E-state index in [0.717, 1.165) is 17.2 Å². The van der Waals surface area contributed by atoms with Gasteiger partial charge in [-0.3, -0.25) is 4.79 Å². The third kappa shape index (κ3) is 5.88. The Balaban J connectivity index is 1.62. The summed E-state index contributed by atoms with van der Waals surface area (Å²) in [6.45, 7) is 6.29. The highest BCUT2D eigenvalue weighted by Gasteiger charge is 2.16. The Bertz CT molecular complexity index is 967. The summed E-state index contributed by atoms with van der Waals surface area (Å²) in [6.07, 6.45) is 0.853. The van der Waals surface area contributed by atoms with Gasteiger partial charge in [0.15, 0.2) is 0 Å². The molecule has 0 fully saturated rings. The van der Waals surface area contributed by atoms with Crippen molar-refractivity contribution in [2.24, 2.45) is 0 Å². The number of hydrogen-bond donors (Lipinski definition) is 1. The molecule has 3 rings (SSSR count). The fourth-order valence-corrected chi connectivity index (χ4v) is 4.29. The number of aryl methyl sites for hydroxylation is 2. The summed E-state index contributed by atoms with van der Waals surface area (Å²) in [5, 5.41) is 3.93. The quantitative estimate of drug-likeness (QED) is 0.409. The van der Waals surface area contributed by atoms with Gasteiger partial charge >= 0.3 is 0 Å². The molecule has 3 aromatic rings. The minimum Gasteiger partial charge on any atom is -0.345 e. The molecule has 4 heteroatoms. The Labute approximate surface area is 182 Å². The number of carbonyl (C=O) groups excluding carboxylic acids is 1. The average molecular weight is 424 g/mol. The molecule has 0 aliphatic heterocycles. The van der Waals surface area contributed by atoms with Crippen molar-refractivity contribution in [3.05, 3.63) is 99.6 Å². The highest BCUT2D eigenvalue weighted by Crippen LogP contribution is 2.25. The van der Waals surface area contributed by atoms with Gasteiger partial charge in [0.2, 0.25) is 0 Å². The van der Waals surface area contributed by atoms with E-state index in [1.807, 2.05) is 48.5 Å². The zero-order valence-electron chi connectivity index (χ0n) is 17.0. The Morgan fingerprint density at radius 3 is 2.31 bits per heavy atom. The molecule has 2 nitrogen and oxygen atoms in total. The first-order chi connectivity index (χ1) is 14.0. The van der Waals surface area contributed by atoms with E-state index in [4.69, 9.17) is 11.6 Å². The molecule has 0 bridgehead atoms. The van der Waals surface area contributed by atoms with Crippen LogP contribution in [0.15, 0.2) is 71.6 Å². The van der Waals surface area contributed by atoms with Crippen LogP contribution in [0.4, 0.5) is 0 Å². The fraction of sp³-hybridized carbons (Fsp3) is 0.240. The van der Waals surface area contributed by atoms with Gasteiger partial charge in [0.1, 0.15) is 0 Å². The molecule has 0 aliphatic carbocycles. The molecule has 0 aromatic heterocycles. The van der Waals surface area contributed by atoms with Crippen LogP contribution in [-0.4, -0.2) is 5.91 Å². The Hall–Kier alpha value is -2.23. The first-order valence-electron chi connectivity index (χ1n) is 9.81. The largest absolute Gasteiger partial charge is 0.345 e. The van der Waals surface area contributed by atoms with Gasteiger partial charge in [0.25, 0.3) is 5.91 Å². The molecule has 0 unspecified atom stereocenters. The first-order valence-corrected chi connectivity index (χ1v) is 11.2. The number of hydrogen-bond acceptors (Lipinski definition) is 2. The van der Waals surface area contributed by atoms with Crippen LogP contribution in [-0.2, 0) is 5.75 Å². The third-order valence-corrected chi connectivity index (χ3v) is 6.28. The van der Waals surface area contributed by atoms with Gasteiger partial charge < -0.3 is 5.32 Å². The van der Waals surface area contributed by atoms with Gasteiger partial charge in [-0.2, -0.15) is 0 Å². The van der Waals surface area contributed by atoms with Gasteiger partial charge in [0.05, 0.1) is 6.04 Å². The zero-order valence-corrected chi connectivity index (χ0v) is 18.6. The van der Waals surface area contributed by atoms with Crippen molar-refractivity contribution < 1.29 is 4.79 Å². The summed E-state index contributed by atoms with van der Waals surface area (Å²) in [6, 6.07) is 22.1. The number of halogens is 1. The van der Waals surface area contributed by atoms with E-state index in [2.05, 4.69) is 44.3 Å². The number of amides is 1. The number of benzene rings is 3. The molecule has 0 radical (unpaired) electrons. The van der Waals surface area contributed by atoms with Gasteiger partial charge in [-0.25, -0.2) is 0 Å². The zero-order chi connectivity index (χ0) is 20.8. The molecular weight excluding hydrogens is 398 g/mol. The van der Waals surface area contributed by atoms with Gasteiger partial charge in [-0.05, 0) is 73.4 Å². The van der Waals surface area contributed by atoms with E-state index in [9.17, 15) is 4.79 Å². The van der Waals surface area contributed by atoms with E-state index >= 15 is 0 Å². The molecule has 150 valence electrons. The standard InChI is InChI=1S/C25H26ClNOS/c1-4-24(23-14-5-17(2)15-18(23)3)27-25(28)20-8-6-19(7-9-20)16-29-22-12-10-21(26)11-13-22/h5-15,24H,4,16H2,1-3H3,(H,27,28)/t24-/m1/s1. The maximum atomic E-state index is 12.8. The average Bonchev–Trinajstić information content (AvgIpc) is 2.72. The van der Waals surface area contributed by atoms with Crippen molar-refractivity contribution in [1.29, 1.82) is 0 Å². The van der Waals surface area contributed by atoms with E-state index in [-0.39, 0.29) is 11.9 Å². The van der Waals surface area contributed by atoms with Gasteiger partial charge in [-0.1, -0.05) is 54.4 Å². The Morgan fingerprint density at radius 1 is 1.00 bits per heavy atom. The highest BCUT2D eigenvalue weighted by molar-refractivity contribution is 7.98. The number of carbonyl (C=O) groups is 1. The summed E-state index contributed by atoms with van der Waals surface area (Å²) < 4.78 is 0. The van der Waals surface area contributed by atoms with Crippen LogP contribution < -0.4 is 5.32 Å². The molecule has 0 saturated carbocycles. The smallest absolute Gasteiger partial charge is 0.251 e. The molecule has 0 aliphatic rings. The number of nitrogens with one attached hydrogen (secondary N) is 1. The second kappa shape index (κ2) is 10.00. The minimum absolute atomic E-state index is 0.0169. The maximum Gasteiger partial charge on any atom is 0.251 e. The summed E-state index contributed by atoms with van der Waals surface area (Å²) in [5.74, 6) is 0.817. The lowest BCUT2D eigenvalue weighted by Crippen LogP contribution is -2.28. The molecular formula is C25H26ClNOS. The molecule has 29 heavy (non-hydrogen) atoms. The molecule has 3 aromatic carbocycles. The van der Waals surface area contributed by atoms with E-state index in [0.29, 0.717) is 5.56 Å². The monoisotopic (exact) mass is 423 g/mol. The second-order valence-electron chi connectivity index (χ2n) is 7.23. The maximum absolute atomic E-state index is 12.8. The van der Waals surface area contributed by atoms with E-state index < -0.39 is 0 Å². The van der Waals surface area contributed by atoms with Crippen molar-refractivity contribution >= 4 is 29.3 Å².